The number of thioether (sulfide) groups is 1. The van der Waals surface area contributed by atoms with Crippen LogP contribution in [0.3, 0.4) is 0 Å². The lowest BCUT2D eigenvalue weighted by molar-refractivity contribution is -0.113. The molecule has 0 radical (unpaired) electrons. The van der Waals surface area contributed by atoms with Crippen LogP contribution in [-0.4, -0.2) is 21.6 Å². The molecule has 0 atom stereocenters. The van der Waals surface area contributed by atoms with E-state index in [1.807, 2.05) is 26.8 Å². The van der Waals surface area contributed by atoms with Crippen molar-refractivity contribution in [1.82, 2.24) is 9.97 Å². The molecule has 2 aromatic rings. The first-order valence-electron chi connectivity index (χ1n) is 6.76. The van der Waals surface area contributed by atoms with E-state index < -0.39 is 0 Å². The van der Waals surface area contributed by atoms with Gasteiger partial charge >= 0.3 is 0 Å². The maximum Gasteiger partial charge on any atom is 0.234 e. The summed E-state index contributed by atoms with van der Waals surface area (Å²) >= 11 is 1.34. The summed E-state index contributed by atoms with van der Waals surface area (Å²) < 4.78 is 0. The van der Waals surface area contributed by atoms with Crippen LogP contribution >= 0.6 is 11.8 Å². The van der Waals surface area contributed by atoms with Gasteiger partial charge in [-0.05, 0) is 44.9 Å². The van der Waals surface area contributed by atoms with Crippen LogP contribution in [0, 0.1) is 27.7 Å². The summed E-state index contributed by atoms with van der Waals surface area (Å²) in [5, 5.41) is 3.60. The van der Waals surface area contributed by atoms with Gasteiger partial charge in [-0.25, -0.2) is 9.97 Å². The van der Waals surface area contributed by atoms with Crippen molar-refractivity contribution in [3.8, 4) is 0 Å². The van der Waals surface area contributed by atoms with Gasteiger partial charge in [0.15, 0.2) is 5.16 Å². The highest BCUT2D eigenvalue weighted by Gasteiger charge is 2.09. The molecule has 0 fully saturated rings. The molecule has 2 rings (SSSR count). The fourth-order valence-corrected chi connectivity index (χ4v) is 2.85. The van der Waals surface area contributed by atoms with Crippen molar-refractivity contribution in [1.29, 1.82) is 0 Å². The summed E-state index contributed by atoms with van der Waals surface area (Å²) in [6, 6.07) is 5.97. The molecule has 0 aliphatic heterocycles. The van der Waals surface area contributed by atoms with Crippen molar-refractivity contribution in [3.05, 3.63) is 46.8 Å². The molecule has 0 saturated carbocycles. The Balaban J connectivity index is 1.99. The fraction of sp³-hybridized carbons (Fsp3) is 0.312. The molecule has 0 aliphatic rings. The Morgan fingerprint density at radius 2 is 1.86 bits per heavy atom. The zero-order valence-electron chi connectivity index (χ0n) is 12.7. The predicted molar refractivity (Wildman–Crippen MR) is 86.8 cm³/mol. The van der Waals surface area contributed by atoms with Crippen LogP contribution in [0.4, 0.5) is 5.69 Å². The number of nitrogens with zero attached hydrogens (tertiary/aromatic N) is 2. The molecule has 1 aromatic heterocycles. The number of nitrogens with one attached hydrogen (secondary N) is 1. The predicted octanol–water partition coefficient (Wildman–Crippen LogP) is 3.44. The normalized spacial score (nSPS) is 10.5. The third-order valence-electron chi connectivity index (χ3n) is 3.05. The monoisotopic (exact) mass is 301 g/mol. The number of aromatic nitrogens is 2. The van der Waals surface area contributed by atoms with Gasteiger partial charge in [0.2, 0.25) is 5.91 Å². The minimum absolute atomic E-state index is 0.0415. The van der Waals surface area contributed by atoms with E-state index in [0.717, 1.165) is 22.5 Å². The molecular weight excluding hydrogens is 282 g/mol. The van der Waals surface area contributed by atoms with Gasteiger partial charge in [0, 0.05) is 17.6 Å². The highest BCUT2D eigenvalue weighted by Crippen LogP contribution is 2.22. The molecule has 0 saturated heterocycles. The lowest BCUT2D eigenvalue weighted by Crippen LogP contribution is -2.16. The molecule has 21 heavy (non-hydrogen) atoms. The molecule has 0 spiro atoms. The van der Waals surface area contributed by atoms with Gasteiger partial charge < -0.3 is 5.32 Å². The zero-order chi connectivity index (χ0) is 15.4. The first-order valence-corrected chi connectivity index (χ1v) is 7.74. The van der Waals surface area contributed by atoms with Gasteiger partial charge in [-0.2, -0.15) is 0 Å². The number of rotatable bonds is 4. The Labute approximate surface area is 129 Å². The van der Waals surface area contributed by atoms with E-state index in [1.165, 1.54) is 17.3 Å². The summed E-state index contributed by atoms with van der Waals surface area (Å²) in [4.78, 5) is 20.5. The average molecular weight is 301 g/mol. The minimum atomic E-state index is -0.0415. The van der Waals surface area contributed by atoms with Gasteiger partial charge in [-0.3, -0.25) is 4.79 Å². The Hall–Kier alpha value is -1.88. The maximum atomic E-state index is 12.1. The lowest BCUT2D eigenvalue weighted by Gasteiger charge is -2.12. The Morgan fingerprint density at radius 1 is 1.19 bits per heavy atom. The van der Waals surface area contributed by atoms with E-state index in [0.29, 0.717) is 10.9 Å². The van der Waals surface area contributed by atoms with E-state index >= 15 is 0 Å². The molecule has 1 aromatic carbocycles. The number of carbonyl (C=O) groups excluding carboxylic acids is 1. The Morgan fingerprint density at radius 3 is 2.48 bits per heavy atom. The van der Waals surface area contributed by atoms with Crippen molar-refractivity contribution in [2.75, 3.05) is 11.1 Å². The summed E-state index contributed by atoms with van der Waals surface area (Å²) in [7, 11) is 0. The number of hydrogen-bond donors (Lipinski definition) is 1. The smallest absolute Gasteiger partial charge is 0.234 e. The average Bonchev–Trinajstić information content (AvgIpc) is 2.40. The maximum absolute atomic E-state index is 12.1. The van der Waals surface area contributed by atoms with Crippen LogP contribution in [0.2, 0.25) is 0 Å². The van der Waals surface area contributed by atoms with Crippen LogP contribution in [0.5, 0.6) is 0 Å². The lowest BCUT2D eigenvalue weighted by atomic mass is 10.1. The third kappa shape index (κ3) is 4.29. The summed E-state index contributed by atoms with van der Waals surface area (Å²) in [6.45, 7) is 7.97. The van der Waals surface area contributed by atoms with Gasteiger partial charge in [-0.15, -0.1) is 0 Å². The van der Waals surface area contributed by atoms with Crippen LogP contribution in [0.15, 0.2) is 29.6 Å². The van der Waals surface area contributed by atoms with Gasteiger partial charge in [-0.1, -0.05) is 29.5 Å². The van der Waals surface area contributed by atoms with Crippen molar-refractivity contribution in [2.45, 2.75) is 32.9 Å². The third-order valence-corrected chi connectivity index (χ3v) is 3.91. The Bertz CT molecular complexity index is 647. The first kappa shape index (κ1) is 15.5. The minimum Gasteiger partial charge on any atom is -0.325 e. The highest BCUT2D eigenvalue weighted by atomic mass is 32.2. The quantitative estimate of drug-likeness (QED) is 0.694. The second-order valence-corrected chi connectivity index (χ2v) is 6.03. The van der Waals surface area contributed by atoms with Crippen LogP contribution in [-0.2, 0) is 4.79 Å². The SMILES string of the molecule is Cc1cc(C)c(NC(=O)CSc2nccc(C)n2)c(C)c1. The number of amides is 1. The van der Waals surface area contributed by atoms with Crippen LogP contribution < -0.4 is 5.32 Å². The molecule has 5 heteroatoms. The fourth-order valence-electron chi connectivity index (χ4n) is 2.18. The van der Waals surface area contributed by atoms with E-state index in [4.69, 9.17) is 0 Å². The molecule has 0 unspecified atom stereocenters. The van der Waals surface area contributed by atoms with Crippen LogP contribution in [0.1, 0.15) is 22.4 Å². The zero-order valence-corrected chi connectivity index (χ0v) is 13.5. The van der Waals surface area contributed by atoms with Gasteiger partial charge in [0.05, 0.1) is 5.75 Å². The number of aryl methyl sites for hydroxylation is 4. The van der Waals surface area contributed by atoms with E-state index in [1.54, 1.807) is 6.20 Å². The summed E-state index contributed by atoms with van der Waals surface area (Å²) in [5.41, 5.74) is 5.16. The molecule has 0 bridgehead atoms. The second kappa shape index (κ2) is 6.72. The summed E-state index contributed by atoms with van der Waals surface area (Å²) in [5.74, 6) is 0.260. The van der Waals surface area contributed by atoms with Crippen molar-refractivity contribution < 1.29 is 4.79 Å². The van der Waals surface area contributed by atoms with Crippen molar-refractivity contribution in [3.63, 3.8) is 0 Å². The number of carbonyl (C=O) groups is 1. The number of hydrogen-bond acceptors (Lipinski definition) is 4. The first-order chi connectivity index (χ1) is 9.95. The molecule has 0 aliphatic carbocycles. The second-order valence-electron chi connectivity index (χ2n) is 5.09. The largest absolute Gasteiger partial charge is 0.325 e. The molecule has 110 valence electrons. The van der Waals surface area contributed by atoms with E-state index in [9.17, 15) is 4.79 Å². The Kier molecular flexibility index (Phi) is 4.96. The standard InChI is InChI=1S/C16H19N3OS/c1-10-7-11(2)15(12(3)8-10)19-14(20)9-21-16-17-6-5-13(4)18-16/h5-8H,9H2,1-4H3,(H,19,20). The molecule has 1 N–H and O–H groups in total. The molecule has 1 heterocycles. The molecular formula is C16H19N3OS. The van der Waals surface area contributed by atoms with Crippen molar-refractivity contribution in [2.24, 2.45) is 0 Å². The van der Waals surface area contributed by atoms with E-state index in [2.05, 4.69) is 34.3 Å². The topological polar surface area (TPSA) is 54.9 Å². The molecule has 1 amide bonds. The molecule has 4 nitrogen and oxygen atoms in total. The summed E-state index contributed by atoms with van der Waals surface area (Å²) in [6.07, 6.45) is 1.71. The van der Waals surface area contributed by atoms with Crippen molar-refractivity contribution >= 4 is 23.4 Å². The van der Waals surface area contributed by atoms with E-state index in [-0.39, 0.29) is 5.91 Å². The number of anilines is 1. The van der Waals surface area contributed by atoms with Gasteiger partial charge in [0.25, 0.3) is 0 Å². The van der Waals surface area contributed by atoms with Crippen LogP contribution in [0.25, 0.3) is 0 Å². The van der Waals surface area contributed by atoms with Gasteiger partial charge in [0.1, 0.15) is 0 Å². The highest BCUT2D eigenvalue weighted by molar-refractivity contribution is 7.99. The number of benzene rings is 1.